The Morgan fingerprint density at radius 2 is 0.741 bits per heavy atom. The van der Waals surface area contributed by atoms with Crippen molar-refractivity contribution in [1.82, 2.24) is 9.13 Å². The van der Waals surface area contributed by atoms with Gasteiger partial charge in [-0.25, -0.2) is 0 Å². The normalized spacial score (nSPS) is 12.1. The average Bonchev–Trinajstić information content (AvgIpc) is 3.79. The molecule has 0 atom stereocenters. The zero-order valence-electron chi connectivity index (χ0n) is 32.6. The third-order valence-corrected chi connectivity index (χ3v) is 12.8. The van der Waals surface area contributed by atoms with Crippen molar-refractivity contribution in [2.24, 2.45) is 0 Å². The van der Waals surface area contributed by atoms with Crippen LogP contribution in [0.5, 0.6) is 0 Å². The molecule has 0 saturated carbocycles. The van der Waals surface area contributed by atoms with Gasteiger partial charge in [0, 0.05) is 56.7 Å². The van der Waals surface area contributed by atoms with E-state index in [1.165, 1.54) is 120 Å². The van der Waals surface area contributed by atoms with Gasteiger partial charge in [-0.05, 0) is 139 Å². The van der Waals surface area contributed by atoms with Crippen LogP contribution in [0.4, 0.5) is 0 Å². The highest BCUT2D eigenvalue weighted by molar-refractivity contribution is 6.24. The number of benzene rings is 10. The van der Waals surface area contributed by atoms with Gasteiger partial charge >= 0.3 is 0 Å². The number of hydrogen-bond acceptors (Lipinski definition) is 0. The molecule has 12 rings (SSSR count). The van der Waals surface area contributed by atoms with E-state index in [4.69, 9.17) is 0 Å². The molecule has 0 unspecified atom stereocenters. The number of nitrogens with zero attached hydrogens (tertiary/aromatic N) is 2. The van der Waals surface area contributed by atoms with Gasteiger partial charge < -0.3 is 9.13 Å². The highest BCUT2D eigenvalue weighted by Crippen LogP contribution is 2.47. The minimum Gasteiger partial charge on any atom is -0.341 e. The van der Waals surface area contributed by atoms with Crippen LogP contribution in [0.25, 0.3) is 120 Å². The molecule has 0 amide bonds. The second-order valence-corrected chi connectivity index (χ2v) is 15.7. The Bertz CT molecular complexity index is 3470. The standard InChI is InChI=1S/C56H40N2/c1-3-57-50-25-9-7-17-46(50)55-42(23-13-27-52(55)57)40-19-11-21-44-48(40)34-49-41(43-24-14-28-53-56(43)47-18-8-10-26-51(47)58(53)4-2)20-12-22-45(49)54(44)38-30-29-37-31-35-15-5-6-16-36(35)32-39(37)33-38/h5-34H,3-4H2,1-2H3. The molecule has 2 heteroatoms. The van der Waals surface area contributed by atoms with Crippen molar-refractivity contribution >= 4 is 86.7 Å². The summed E-state index contributed by atoms with van der Waals surface area (Å²) in [4.78, 5) is 0. The molecule has 10 aromatic carbocycles. The Kier molecular flexibility index (Phi) is 7.22. The summed E-state index contributed by atoms with van der Waals surface area (Å²) in [7, 11) is 0. The van der Waals surface area contributed by atoms with Crippen LogP contribution in [0.2, 0.25) is 0 Å². The fourth-order valence-corrected chi connectivity index (χ4v) is 10.4. The Morgan fingerprint density at radius 1 is 0.310 bits per heavy atom. The summed E-state index contributed by atoms with van der Waals surface area (Å²) in [6.07, 6.45) is 0. The van der Waals surface area contributed by atoms with Crippen LogP contribution in [0, 0.1) is 0 Å². The number of aromatic nitrogens is 2. The van der Waals surface area contributed by atoms with Crippen molar-refractivity contribution in [3.05, 3.63) is 182 Å². The van der Waals surface area contributed by atoms with Gasteiger partial charge in [-0.15, -0.1) is 0 Å². The van der Waals surface area contributed by atoms with E-state index in [1.54, 1.807) is 0 Å². The van der Waals surface area contributed by atoms with Crippen LogP contribution in [0.3, 0.4) is 0 Å². The number of rotatable bonds is 5. The smallest absolute Gasteiger partial charge is 0.0497 e. The lowest BCUT2D eigenvalue weighted by atomic mass is 9.85. The van der Waals surface area contributed by atoms with E-state index in [-0.39, 0.29) is 0 Å². The molecule has 0 fully saturated rings. The maximum Gasteiger partial charge on any atom is 0.0497 e. The minimum absolute atomic E-state index is 0.915. The first kappa shape index (κ1) is 33.0. The summed E-state index contributed by atoms with van der Waals surface area (Å²) in [6, 6.07) is 68.4. The first-order valence-corrected chi connectivity index (χ1v) is 20.6. The largest absolute Gasteiger partial charge is 0.341 e. The molecule has 0 aliphatic rings. The molecular formula is C56H40N2. The van der Waals surface area contributed by atoms with Crippen molar-refractivity contribution < 1.29 is 0 Å². The Balaban J connectivity index is 1.23. The molecule has 0 N–H and O–H groups in total. The van der Waals surface area contributed by atoms with E-state index < -0.39 is 0 Å². The summed E-state index contributed by atoms with van der Waals surface area (Å²) in [5, 5.41) is 15.3. The molecule has 274 valence electrons. The molecule has 0 aliphatic carbocycles. The summed E-state index contributed by atoms with van der Waals surface area (Å²) in [6.45, 7) is 6.33. The molecule has 0 saturated heterocycles. The van der Waals surface area contributed by atoms with Crippen molar-refractivity contribution in [2.45, 2.75) is 26.9 Å². The summed E-state index contributed by atoms with van der Waals surface area (Å²) < 4.78 is 4.93. The molecule has 0 aliphatic heterocycles. The molecule has 0 spiro atoms. The van der Waals surface area contributed by atoms with E-state index in [1.807, 2.05) is 0 Å². The van der Waals surface area contributed by atoms with Crippen LogP contribution in [0.1, 0.15) is 13.8 Å². The zero-order valence-corrected chi connectivity index (χ0v) is 32.6. The third-order valence-electron chi connectivity index (χ3n) is 12.8. The van der Waals surface area contributed by atoms with Gasteiger partial charge in [0.2, 0.25) is 0 Å². The zero-order chi connectivity index (χ0) is 38.5. The first-order chi connectivity index (χ1) is 28.7. The number of hydrogen-bond donors (Lipinski definition) is 0. The Labute approximate surface area is 336 Å². The van der Waals surface area contributed by atoms with Gasteiger partial charge in [0.1, 0.15) is 0 Å². The molecule has 2 nitrogen and oxygen atoms in total. The van der Waals surface area contributed by atoms with E-state index in [0.29, 0.717) is 0 Å². The lowest BCUT2D eigenvalue weighted by Gasteiger charge is -2.18. The van der Waals surface area contributed by atoms with Gasteiger partial charge in [0.15, 0.2) is 0 Å². The molecular weight excluding hydrogens is 701 g/mol. The second-order valence-electron chi connectivity index (χ2n) is 15.7. The van der Waals surface area contributed by atoms with Gasteiger partial charge in [0.25, 0.3) is 0 Å². The maximum atomic E-state index is 2.50. The van der Waals surface area contributed by atoms with Crippen molar-refractivity contribution in [3.63, 3.8) is 0 Å². The lowest BCUT2D eigenvalue weighted by molar-refractivity contribution is 0.827. The van der Waals surface area contributed by atoms with Crippen LogP contribution >= 0.6 is 0 Å². The van der Waals surface area contributed by atoms with Crippen LogP contribution in [-0.2, 0) is 13.1 Å². The van der Waals surface area contributed by atoms with Crippen LogP contribution < -0.4 is 0 Å². The van der Waals surface area contributed by atoms with Gasteiger partial charge in [0.05, 0.1) is 0 Å². The van der Waals surface area contributed by atoms with Gasteiger partial charge in [-0.1, -0.05) is 133 Å². The summed E-state index contributed by atoms with van der Waals surface area (Å²) in [5.74, 6) is 0. The highest BCUT2D eigenvalue weighted by atomic mass is 15.0. The number of fused-ring (bicyclic) bond motifs is 10. The van der Waals surface area contributed by atoms with Gasteiger partial charge in [-0.3, -0.25) is 0 Å². The number of aryl methyl sites for hydroxylation is 2. The van der Waals surface area contributed by atoms with E-state index in [2.05, 4.69) is 205 Å². The Hall–Kier alpha value is -7.16. The van der Waals surface area contributed by atoms with Crippen molar-refractivity contribution in [3.8, 4) is 33.4 Å². The monoisotopic (exact) mass is 740 g/mol. The fourth-order valence-electron chi connectivity index (χ4n) is 10.4. The molecule has 0 radical (unpaired) electrons. The fraction of sp³-hybridized carbons (Fsp3) is 0.0714. The molecule has 58 heavy (non-hydrogen) atoms. The molecule has 0 bridgehead atoms. The quantitative estimate of drug-likeness (QED) is 0.156. The van der Waals surface area contributed by atoms with E-state index >= 15 is 0 Å². The SMILES string of the molecule is CCn1c2ccccc2c2c(-c3cccc4c(-c5ccc6cc7ccccc7cc6c5)c5cccc(-c6cccc7c6c6ccccc6n7CC)c5cc34)cccc21. The van der Waals surface area contributed by atoms with Crippen LogP contribution in [0.15, 0.2) is 182 Å². The first-order valence-electron chi connectivity index (χ1n) is 20.6. The second kappa shape index (κ2) is 12.7. The molecule has 2 aromatic heterocycles. The summed E-state index contributed by atoms with van der Waals surface area (Å²) >= 11 is 0. The van der Waals surface area contributed by atoms with Crippen LogP contribution in [-0.4, -0.2) is 9.13 Å². The predicted octanol–water partition coefficient (Wildman–Crippen LogP) is 15.6. The predicted molar refractivity (Wildman–Crippen MR) is 250 cm³/mol. The van der Waals surface area contributed by atoms with Crippen molar-refractivity contribution in [2.75, 3.05) is 0 Å². The molecule has 2 heterocycles. The molecule has 12 aromatic rings. The van der Waals surface area contributed by atoms with E-state index in [0.717, 1.165) is 13.1 Å². The third kappa shape index (κ3) is 4.66. The Morgan fingerprint density at radius 3 is 1.29 bits per heavy atom. The van der Waals surface area contributed by atoms with Gasteiger partial charge in [-0.2, -0.15) is 0 Å². The highest BCUT2D eigenvalue weighted by Gasteiger charge is 2.21. The van der Waals surface area contributed by atoms with Crippen molar-refractivity contribution in [1.29, 1.82) is 0 Å². The lowest BCUT2D eigenvalue weighted by Crippen LogP contribution is -1.93. The topological polar surface area (TPSA) is 9.86 Å². The average molecular weight is 741 g/mol. The number of para-hydroxylation sites is 2. The summed E-state index contributed by atoms with van der Waals surface area (Å²) in [5.41, 5.74) is 12.7. The van der Waals surface area contributed by atoms with E-state index in [9.17, 15) is 0 Å². The minimum atomic E-state index is 0.915. The maximum absolute atomic E-state index is 2.50.